The molecule has 0 atom stereocenters. The van der Waals surface area contributed by atoms with Gasteiger partial charge in [0.1, 0.15) is 5.54 Å². The third-order valence-electron chi connectivity index (χ3n) is 2.96. The van der Waals surface area contributed by atoms with E-state index >= 15 is 0 Å². The molecule has 1 aliphatic heterocycles. The molecule has 0 bridgehead atoms. The van der Waals surface area contributed by atoms with Gasteiger partial charge < -0.3 is 4.90 Å². The van der Waals surface area contributed by atoms with E-state index in [1.807, 2.05) is 25.0 Å². The van der Waals surface area contributed by atoms with E-state index in [1.165, 1.54) is 0 Å². The molecule has 0 spiro atoms. The van der Waals surface area contributed by atoms with Crippen LogP contribution in [-0.2, 0) is 4.79 Å². The molecule has 0 aliphatic carbocycles. The smallest absolute Gasteiger partial charge is 0.232 e. The summed E-state index contributed by atoms with van der Waals surface area (Å²) >= 11 is 1.56. The molecule has 16 heavy (non-hydrogen) atoms. The molecular weight excluding hydrogens is 222 g/mol. The van der Waals surface area contributed by atoms with E-state index in [-0.39, 0.29) is 5.91 Å². The topological polar surface area (TPSA) is 47.3 Å². The quantitative estimate of drug-likeness (QED) is 0.733. The van der Waals surface area contributed by atoms with Crippen LogP contribution >= 0.6 is 11.8 Å². The second-order valence-electron chi connectivity index (χ2n) is 4.47. The Morgan fingerprint density at radius 3 is 2.38 bits per heavy atom. The van der Waals surface area contributed by atoms with Gasteiger partial charge in [-0.1, -0.05) is 0 Å². The minimum absolute atomic E-state index is 0.210. The highest BCUT2D eigenvalue weighted by Gasteiger charge is 2.30. The van der Waals surface area contributed by atoms with Gasteiger partial charge in [0.15, 0.2) is 0 Å². The number of carbonyl (C=O) groups is 1. The normalized spacial score (nSPS) is 18.2. The fourth-order valence-corrected chi connectivity index (χ4v) is 2.23. The molecular formula is C11H19N3OS. The Hall–Kier alpha value is -0.730. The zero-order valence-electron chi connectivity index (χ0n) is 10.2. The van der Waals surface area contributed by atoms with Crippen LogP contribution in [-0.4, -0.2) is 59.4 Å². The predicted molar refractivity (Wildman–Crippen MR) is 66.2 cm³/mol. The molecule has 4 nitrogen and oxygen atoms in total. The van der Waals surface area contributed by atoms with Crippen molar-refractivity contribution in [1.29, 1.82) is 5.26 Å². The van der Waals surface area contributed by atoms with Gasteiger partial charge in [-0.2, -0.15) is 17.0 Å². The van der Waals surface area contributed by atoms with Crippen molar-refractivity contribution in [3.05, 3.63) is 0 Å². The fourth-order valence-electron chi connectivity index (χ4n) is 1.80. The maximum absolute atomic E-state index is 11.6. The van der Waals surface area contributed by atoms with Crippen molar-refractivity contribution in [3.63, 3.8) is 0 Å². The van der Waals surface area contributed by atoms with Crippen LogP contribution in [0.15, 0.2) is 0 Å². The van der Waals surface area contributed by atoms with Crippen molar-refractivity contribution in [2.24, 2.45) is 0 Å². The number of nitriles is 1. The molecule has 1 fully saturated rings. The van der Waals surface area contributed by atoms with Crippen LogP contribution in [0.2, 0.25) is 0 Å². The van der Waals surface area contributed by atoms with Crippen molar-refractivity contribution in [2.45, 2.75) is 19.4 Å². The van der Waals surface area contributed by atoms with Gasteiger partial charge in [-0.25, -0.2) is 0 Å². The zero-order chi connectivity index (χ0) is 12.2. The van der Waals surface area contributed by atoms with Crippen molar-refractivity contribution in [1.82, 2.24) is 9.80 Å². The molecule has 90 valence electrons. The van der Waals surface area contributed by atoms with Crippen LogP contribution in [0.3, 0.4) is 0 Å². The average molecular weight is 241 g/mol. The van der Waals surface area contributed by atoms with E-state index in [2.05, 4.69) is 11.0 Å². The molecule has 1 amide bonds. The first-order chi connectivity index (χ1) is 7.51. The molecule has 5 heteroatoms. The maximum Gasteiger partial charge on any atom is 0.232 e. The second kappa shape index (κ2) is 5.55. The van der Waals surface area contributed by atoms with Gasteiger partial charge in [-0.3, -0.25) is 9.69 Å². The fraction of sp³-hybridized carbons (Fsp3) is 0.818. The Kier molecular flexibility index (Phi) is 4.63. The van der Waals surface area contributed by atoms with Gasteiger partial charge in [-0.05, 0) is 20.1 Å². The monoisotopic (exact) mass is 241 g/mol. The van der Waals surface area contributed by atoms with E-state index in [1.54, 1.807) is 11.8 Å². The molecule has 0 saturated carbocycles. The highest BCUT2D eigenvalue weighted by atomic mass is 32.2. The molecule has 1 saturated heterocycles. The van der Waals surface area contributed by atoms with Gasteiger partial charge in [0.2, 0.25) is 5.91 Å². The number of piperazine rings is 1. The lowest BCUT2D eigenvalue weighted by molar-refractivity contribution is -0.130. The van der Waals surface area contributed by atoms with Crippen molar-refractivity contribution in [2.75, 3.05) is 38.2 Å². The second-order valence-corrected chi connectivity index (χ2v) is 5.34. The maximum atomic E-state index is 11.6. The first-order valence-electron chi connectivity index (χ1n) is 5.44. The summed E-state index contributed by atoms with van der Waals surface area (Å²) in [6.07, 6.45) is 1.94. The summed E-state index contributed by atoms with van der Waals surface area (Å²) in [6, 6.07) is 2.30. The minimum Gasteiger partial charge on any atom is -0.339 e. The number of thioether (sulfide) groups is 1. The van der Waals surface area contributed by atoms with E-state index in [9.17, 15) is 4.79 Å². The Bertz CT molecular complexity index is 290. The largest absolute Gasteiger partial charge is 0.339 e. The van der Waals surface area contributed by atoms with Gasteiger partial charge in [0.05, 0.1) is 11.8 Å². The summed E-state index contributed by atoms with van der Waals surface area (Å²) in [4.78, 5) is 15.7. The molecule has 1 rings (SSSR count). The molecule has 0 aromatic carbocycles. The zero-order valence-corrected chi connectivity index (χ0v) is 11.0. The standard InChI is InChI=1S/C11H19N3OS/c1-11(2,9-12)14-6-4-13(5-7-14)10(15)8-16-3/h4-8H2,1-3H3. The first-order valence-corrected chi connectivity index (χ1v) is 6.83. The molecule has 0 radical (unpaired) electrons. The molecule has 0 aromatic rings. The van der Waals surface area contributed by atoms with Crippen LogP contribution in [0.1, 0.15) is 13.8 Å². The Labute approximate surface area is 102 Å². The summed E-state index contributed by atoms with van der Waals surface area (Å²) in [5.41, 5.74) is -0.422. The molecule has 0 N–H and O–H groups in total. The van der Waals surface area contributed by atoms with Gasteiger partial charge in [0, 0.05) is 26.2 Å². The third-order valence-corrected chi connectivity index (χ3v) is 3.50. The third kappa shape index (κ3) is 3.13. The van der Waals surface area contributed by atoms with Crippen molar-refractivity contribution >= 4 is 17.7 Å². The SMILES string of the molecule is CSCC(=O)N1CCN(C(C)(C)C#N)CC1. The number of carbonyl (C=O) groups excluding carboxylic acids is 1. The highest BCUT2D eigenvalue weighted by Crippen LogP contribution is 2.16. The predicted octanol–water partition coefficient (Wildman–Crippen LogP) is 0.796. The van der Waals surface area contributed by atoms with E-state index in [4.69, 9.17) is 5.26 Å². The number of hydrogen-bond donors (Lipinski definition) is 0. The lowest BCUT2D eigenvalue weighted by Gasteiger charge is -2.40. The first kappa shape index (κ1) is 13.3. The van der Waals surface area contributed by atoms with Crippen LogP contribution in [0.4, 0.5) is 0 Å². The van der Waals surface area contributed by atoms with Crippen LogP contribution < -0.4 is 0 Å². The van der Waals surface area contributed by atoms with Gasteiger partial charge >= 0.3 is 0 Å². The molecule has 0 aromatic heterocycles. The molecule has 1 aliphatic rings. The Morgan fingerprint density at radius 2 is 1.94 bits per heavy atom. The average Bonchev–Trinajstić information content (AvgIpc) is 2.29. The summed E-state index contributed by atoms with van der Waals surface area (Å²) in [5.74, 6) is 0.767. The number of rotatable bonds is 3. The lowest BCUT2D eigenvalue weighted by atomic mass is 10.0. The van der Waals surface area contributed by atoms with Gasteiger partial charge in [-0.15, -0.1) is 0 Å². The van der Waals surface area contributed by atoms with E-state index in [0.717, 1.165) is 26.2 Å². The molecule has 1 heterocycles. The Balaban J connectivity index is 2.46. The summed E-state index contributed by atoms with van der Waals surface area (Å²) < 4.78 is 0. The van der Waals surface area contributed by atoms with Crippen molar-refractivity contribution < 1.29 is 4.79 Å². The highest BCUT2D eigenvalue weighted by molar-refractivity contribution is 7.99. The van der Waals surface area contributed by atoms with Crippen LogP contribution in [0, 0.1) is 11.3 Å². The lowest BCUT2D eigenvalue weighted by Crippen LogP contribution is -2.55. The van der Waals surface area contributed by atoms with E-state index in [0.29, 0.717) is 5.75 Å². The number of amides is 1. The Morgan fingerprint density at radius 1 is 1.38 bits per heavy atom. The van der Waals surface area contributed by atoms with Gasteiger partial charge in [0.25, 0.3) is 0 Å². The van der Waals surface area contributed by atoms with Crippen molar-refractivity contribution in [3.8, 4) is 6.07 Å². The minimum atomic E-state index is -0.422. The van der Waals surface area contributed by atoms with Crippen LogP contribution in [0.5, 0.6) is 0 Å². The van der Waals surface area contributed by atoms with Crippen LogP contribution in [0.25, 0.3) is 0 Å². The molecule has 0 unspecified atom stereocenters. The summed E-state index contributed by atoms with van der Waals surface area (Å²) in [7, 11) is 0. The van der Waals surface area contributed by atoms with E-state index < -0.39 is 5.54 Å². The number of nitrogens with zero attached hydrogens (tertiary/aromatic N) is 3. The summed E-state index contributed by atoms with van der Waals surface area (Å²) in [6.45, 7) is 6.91. The number of hydrogen-bond acceptors (Lipinski definition) is 4. The summed E-state index contributed by atoms with van der Waals surface area (Å²) in [5, 5.41) is 9.03.